The van der Waals surface area contributed by atoms with Gasteiger partial charge in [0.2, 0.25) is 0 Å². The third-order valence-electron chi connectivity index (χ3n) is 7.24. The maximum absolute atomic E-state index is 12.1. The predicted molar refractivity (Wildman–Crippen MR) is 123 cm³/mol. The van der Waals surface area contributed by atoms with Crippen LogP contribution in [0, 0.1) is 5.92 Å². The highest BCUT2D eigenvalue weighted by atomic mass is 16.4. The fourth-order valence-corrected chi connectivity index (χ4v) is 4.85. The van der Waals surface area contributed by atoms with Gasteiger partial charge in [0, 0.05) is 17.9 Å². The molecule has 0 radical (unpaired) electrons. The van der Waals surface area contributed by atoms with E-state index >= 15 is 0 Å². The smallest absolute Gasteiger partial charge is 0.313 e. The number of carbonyl (C=O) groups excluding carboxylic acids is 1. The Morgan fingerprint density at radius 1 is 1.19 bits per heavy atom. The molecule has 8 nitrogen and oxygen atoms in total. The summed E-state index contributed by atoms with van der Waals surface area (Å²) in [5, 5.41) is 17.3. The molecule has 1 aromatic heterocycles. The van der Waals surface area contributed by atoms with E-state index in [1.807, 2.05) is 4.68 Å². The zero-order valence-electron chi connectivity index (χ0n) is 19.0. The van der Waals surface area contributed by atoms with E-state index in [0.29, 0.717) is 28.9 Å². The molecule has 0 spiro atoms. The average Bonchev–Trinajstić information content (AvgIpc) is 3.11. The zero-order valence-corrected chi connectivity index (χ0v) is 19.0. The van der Waals surface area contributed by atoms with E-state index in [0.717, 1.165) is 24.9 Å². The maximum atomic E-state index is 12.1. The Balaban J connectivity index is 1.51. The van der Waals surface area contributed by atoms with Crippen molar-refractivity contribution < 1.29 is 14.7 Å². The molecule has 2 aromatic rings. The number of carboxylic acids is 1. The molecule has 4 N–H and O–H groups in total. The van der Waals surface area contributed by atoms with E-state index in [-0.39, 0.29) is 6.04 Å². The van der Waals surface area contributed by atoms with Crippen molar-refractivity contribution in [2.75, 3.05) is 18.4 Å². The number of primary amides is 1. The van der Waals surface area contributed by atoms with Crippen LogP contribution in [-0.2, 0) is 10.2 Å². The van der Waals surface area contributed by atoms with E-state index in [9.17, 15) is 14.7 Å². The van der Waals surface area contributed by atoms with Crippen LogP contribution in [0.25, 0.3) is 0 Å². The fraction of sp³-hybridized carbons (Fsp3) is 0.542. The molecule has 2 fully saturated rings. The molecule has 32 heavy (non-hydrogen) atoms. The molecule has 2 aliphatic rings. The van der Waals surface area contributed by atoms with Gasteiger partial charge in [-0.1, -0.05) is 19.1 Å². The minimum absolute atomic E-state index is 0.236. The van der Waals surface area contributed by atoms with E-state index in [1.165, 1.54) is 19.5 Å². The van der Waals surface area contributed by atoms with Gasteiger partial charge in [-0.2, -0.15) is 5.10 Å². The van der Waals surface area contributed by atoms with Crippen molar-refractivity contribution in [2.24, 2.45) is 11.7 Å². The van der Waals surface area contributed by atoms with Gasteiger partial charge in [0.1, 0.15) is 5.56 Å². The summed E-state index contributed by atoms with van der Waals surface area (Å²) in [5.74, 6) is -0.518. The van der Waals surface area contributed by atoms with Crippen LogP contribution in [0.3, 0.4) is 0 Å². The average molecular weight is 440 g/mol. The summed E-state index contributed by atoms with van der Waals surface area (Å²) in [6.45, 7) is 8.03. The molecular weight excluding hydrogens is 406 g/mol. The first-order valence-corrected chi connectivity index (χ1v) is 11.4. The second-order valence-corrected chi connectivity index (χ2v) is 9.77. The molecule has 3 atom stereocenters. The van der Waals surface area contributed by atoms with Crippen molar-refractivity contribution in [1.29, 1.82) is 0 Å². The van der Waals surface area contributed by atoms with E-state index in [2.05, 4.69) is 17.1 Å². The van der Waals surface area contributed by atoms with Gasteiger partial charge in [-0.05, 0) is 76.2 Å². The van der Waals surface area contributed by atoms with Crippen molar-refractivity contribution in [1.82, 2.24) is 14.7 Å². The summed E-state index contributed by atoms with van der Waals surface area (Å²) in [7, 11) is 0. The topological polar surface area (TPSA) is 113 Å². The first-order valence-electron chi connectivity index (χ1n) is 11.4. The van der Waals surface area contributed by atoms with E-state index in [1.54, 1.807) is 44.3 Å². The third kappa shape index (κ3) is 4.24. The standard InChI is InChI=1S/C24H33N5O3/c1-15-13-18(28-11-4-12-28)9-10-20(15)29-14-19(21(25)30)22(27-29)26-17-7-5-16(6-8-17)24(2,3)23(31)32/h5-8,14-15,18,20H,4,9-13H2,1-3H3,(H2,25,30)(H,26,27)(H,31,32)/t15-,18?,20-/m0/s1. The molecule has 4 rings (SSSR count). The van der Waals surface area contributed by atoms with Gasteiger partial charge in [0.05, 0.1) is 11.5 Å². The number of likely N-dealkylation sites (tertiary alicyclic amines) is 1. The molecule has 8 heteroatoms. The summed E-state index contributed by atoms with van der Waals surface area (Å²) < 4.78 is 1.90. The maximum Gasteiger partial charge on any atom is 0.313 e. The molecule has 1 saturated carbocycles. The monoisotopic (exact) mass is 439 g/mol. The predicted octanol–water partition coefficient (Wildman–Crippen LogP) is 3.52. The number of carboxylic acid groups (broad SMARTS) is 1. The van der Waals surface area contributed by atoms with Gasteiger partial charge in [0.15, 0.2) is 5.82 Å². The Hall–Kier alpha value is -2.87. The molecule has 1 unspecified atom stereocenters. The number of anilines is 2. The summed E-state index contributed by atoms with van der Waals surface area (Å²) in [6.07, 6.45) is 6.38. The fourth-order valence-electron chi connectivity index (χ4n) is 4.85. The molecule has 0 bridgehead atoms. The summed E-state index contributed by atoms with van der Waals surface area (Å²) in [4.78, 5) is 26.2. The highest BCUT2D eigenvalue weighted by molar-refractivity contribution is 5.98. The summed E-state index contributed by atoms with van der Waals surface area (Å²) in [5.41, 5.74) is 6.44. The Kier molecular flexibility index (Phi) is 5.99. The van der Waals surface area contributed by atoms with Gasteiger partial charge >= 0.3 is 5.97 Å². The van der Waals surface area contributed by atoms with Crippen LogP contribution in [-0.4, -0.2) is 50.8 Å². The number of aromatic nitrogens is 2. The Morgan fingerprint density at radius 3 is 2.41 bits per heavy atom. The van der Waals surface area contributed by atoms with Crippen LogP contribution in [0.15, 0.2) is 30.5 Å². The number of amides is 1. The molecule has 1 aliphatic heterocycles. The second kappa shape index (κ2) is 8.58. The second-order valence-electron chi connectivity index (χ2n) is 9.77. The largest absolute Gasteiger partial charge is 0.481 e. The number of benzene rings is 1. The van der Waals surface area contributed by atoms with Crippen molar-refractivity contribution in [2.45, 2.75) is 64.0 Å². The lowest BCUT2D eigenvalue weighted by Crippen LogP contribution is -2.48. The Morgan fingerprint density at radius 2 is 1.88 bits per heavy atom. The molecular formula is C24H33N5O3. The van der Waals surface area contributed by atoms with Gasteiger partial charge in [0.25, 0.3) is 5.91 Å². The minimum atomic E-state index is -0.983. The molecule has 1 aromatic carbocycles. The Labute approximate surface area is 188 Å². The number of nitrogens with zero attached hydrogens (tertiary/aromatic N) is 3. The number of carbonyl (C=O) groups is 2. The molecule has 1 saturated heterocycles. The van der Waals surface area contributed by atoms with Gasteiger partial charge in [-0.3, -0.25) is 14.3 Å². The van der Waals surface area contributed by atoms with Crippen LogP contribution < -0.4 is 11.1 Å². The van der Waals surface area contributed by atoms with Crippen LogP contribution in [0.5, 0.6) is 0 Å². The molecule has 1 aliphatic carbocycles. The van der Waals surface area contributed by atoms with Gasteiger partial charge in [-0.25, -0.2) is 0 Å². The highest BCUT2D eigenvalue weighted by Gasteiger charge is 2.35. The number of aliphatic carboxylic acids is 1. The van der Waals surface area contributed by atoms with Crippen LogP contribution >= 0.6 is 0 Å². The number of hydrogen-bond acceptors (Lipinski definition) is 5. The molecule has 172 valence electrons. The lowest BCUT2D eigenvalue weighted by molar-refractivity contribution is -0.142. The Bertz CT molecular complexity index is 994. The number of rotatable bonds is 7. The lowest BCUT2D eigenvalue weighted by atomic mass is 9.81. The van der Waals surface area contributed by atoms with E-state index in [4.69, 9.17) is 10.8 Å². The minimum Gasteiger partial charge on any atom is -0.481 e. The number of nitrogens with one attached hydrogen (secondary N) is 1. The first-order chi connectivity index (χ1) is 15.2. The van der Waals surface area contributed by atoms with Crippen molar-refractivity contribution in [3.63, 3.8) is 0 Å². The molecule has 1 amide bonds. The number of hydrogen-bond donors (Lipinski definition) is 3. The van der Waals surface area contributed by atoms with Gasteiger partial charge in [-0.15, -0.1) is 0 Å². The van der Waals surface area contributed by atoms with Crippen LogP contribution in [0.1, 0.15) is 68.4 Å². The van der Waals surface area contributed by atoms with E-state index < -0.39 is 17.3 Å². The SMILES string of the molecule is C[C@H]1CC(N2CCC2)CC[C@@H]1n1cc(C(N)=O)c(Nc2ccc(C(C)(C)C(=O)O)cc2)n1. The van der Waals surface area contributed by atoms with Crippen LogP contribution in [0.2, 0.25) is 0 Å². The van der Waals surface area contributed by atoms with Crippen molar-refractivity contribution >= 4 is 23.4 Å². The normalized spacial score (nSPS) is 24.0. The summed E-state index contributed by atoms with van der Waals surface area (Å²) >= 11 is 0. The summed E-state index contributed by atoms with van der Waals surface area (Å²) in [6, 6.07) is 8.04. The zero-order chi connectivity index (χ0) is 23.0. The third-order valence-corrected chi connectivity index (χ3v) is 7.24. The highest BCUT2D eigenvalue weighted by Crippen LogP contribution is 2.38. The van der Waals surface area contributed by atoms with Crippen LogP contribution in [0.4, 0.5) is 11.5 Å². The van der Waals surface area contributed by atoms with Crippen molar-refractivity contribution in [3.8, 4) is 0 Å². The number of nitrogens with two attached hydrogens (primary N) is 1. The first kappa shape index (κ1) is 22.3. The lowest BCUT2D eigenvalue weighted by Gasteiger charge is -2.44. The van der Waals surface area contributed by atoms with Crippen molar-refractivity contribution in [3.05, 3.63) is 41.6 Å². The molecule has 2 heterocycles. The van der Waals surface area contributed by atoms with Gasteiger partial charge < -0.3 is 21.1 Å². The quantitative estimate of drug-likeness (QED) is 0.608.